The van der Waals surface area contributed by atoms with Crippen LogP contribution in [0, 0.1) is 15.5 Å². The van der Waals surface area contributed by atoms with Gasteiger partial charge in [0.25, 0.3) is 0 Å². The Hall–Kier alpha value is -1.85. The van der Waals surface area contributed by atoms with Gasteiger partial charge in [-0.15, -0.1) is 0 Å². The van der Waals surface area contributed by atoms with E-state index in [1.54, 1.807) is 0 Å². The fourth-order valence-electron chi connectivity index (χ4n) is 0.747. The molecule has 0 fully saturated rings. The van der Waals surface area contributed by atoms with Gasteiger partial charge in [-0.1, -0.05) is 0 Å². The summed E-state index contributed by atoms with van der Waals surface area (Å²) in [6.45, 7) is 0. The normalized spacial score (nSPS) is 9.67. The molecule has 0 saturated heterocycles. The average molecular weight is 169 g/mol. The molecule has 12 heavy (non-hydrogen) atoms. The quantitative estimate of drug-likeness (QED) is 0.300. The third-order valence-corrected chi connectivity index (χ3v) is 1.19. The molecule has 0 amide bonds. The predicted molar refractivity (Wildman–Crippen MR) is 41.0 cm³/mol. The Labute approximate surface area is 67.6 Å². The summed E-state index contributed by atoms with van der Waals surface area (Å²) in [6.07, 6.45) is 0.105. The van der Waals surface area contributed by atoms with Crippen LogP contribution in [0.25, 0.3) is 0 Å². The lowest BCUT2D eigenvalue weighted by atomic mass is 10.3. The number of nitro groups is 1. The SMILES string of the molecule is N=C(N)Cc1ccc([N+](=O)[O-])o1. The summed E-state index contributed by atoms with van der Waals surface area (Å²) in [5, 5.41) is 17.0. The number of hydrogen-bond acceptors (Lipinski definition) is 4. The maximum atomic E-state index is 10.1. The van der Waals surface area contributed by atoms with E-state index in [0.29, 0.717) is 5.76 Å². The van der Waals surface area contributed by atoms with Gasteiger partial charge in [-0.25, -0.2) is 0 Å². The van der Waals surface area contributed by atoms with Crippen LogP contribution in [0.4, 0.5) is 5.88 Å². The maximum Gasteiger partial charge on any atom is 0.433 e. The molecule has 0 aliphatic heterocycles. The van der Waals surface area contributed by atoms with Crippen molar-refractivity contribution < 1.29 is 9.34 Å². The summed E-state index contributed by atoms with van der Waals surface area (Å²) in [5.41, 5.74) is 5.06. The number of nitrogens with two attached hydrogens (primary N) is 1. The molecule has 0 atom stereocenters. The topological polar surface area (TPSA) is 106 Å². The zero-order chi connectivity index (χ0) is 9.14. The second kappa shape index (κ2) is 3.04. The highest BCUT2D eigenvalue weighted by molar-refractivity contribution is 5.78. The van der Waals surface area contributed by atoms with Crippen LogP contribution in [-0.2, 0) is 6.42 Å². The molecule has 3 N–H and O–H groups in total. The summed E-state index contributed by atoms with van der Waals surface area (Å²) in [4.78, 5) is 9.49. The molecule has 0 radical (unpaired) electrons. The fraction of sp³-hybridized carbons (Fsp3) is 0.167. The van der Waals surface area contributed by atoms with Crippen molar-refractivity contribution in [3.63, 3.8) is 0 Å². The number of rotatable bonds is 3. The van der Waals surface area contributed by atoms with E-state index in [4.69, 9.17) is 15.6 Å². The molecule has 1 aromatic rings. The number of amidine groups is 1. The molecule has 64 valence electrons. The molecule has 6 nitrogen and oxygen atoms in total. The van der Waals surface area contributed by atoms with Crippen molar-refractivity contribution in [2.24, 2.45) is 5.73 Å². The molecule has 0 bridgehead atoms. The van der Waals surface area contributed by atoms with E-state index in [-0.39, 0.29) is 18.1 Å². The van der Waals surface area contributed by atoms with Crippen molar-refractivity contribution in [3.05, 3.63) is 28.0 Å². The standard InChI is InChI=1S/C6H7N3O3/c7-5(8)3-4-1-2-6(12-4)9(10)11/h1-2H,3H2,(H3,7,8). The van der Waals surface area contributed by atoms with Gasteiger partial charge in [0.1, 0.15) is 10.7 Å². The first-order chi connectivity index (χ1) is 5.59. The number of nitrogens with zero attached hydrogens (tertiary/aromatic N) is 1. The third-order valence-electron chi connectivity index (χ3n) is 1.19. The molecular weight excluding hydrogens is 162 g/mol. The summed E-state index contributed by atoms with van der Waals surface area (Å²) >= 11 is 0. The van der Waals surface area contributed by atoms with Crippen molar-refractivity contribution in [3.8, 4) is 0 Å². The van der Waals surface area contributed by atoms with Gasteiger partial charge in [0.2, 0.25) is 0 Å². The highest BCUT2D eigenvalue weighted by Crippen LogP contribution is 2.15. The summed E-state index contributed by atoms with van der Waals surface area (Å²) < 4.78 is 4.74. The second-order valence-electron chi connectivity index (χ2n) is 2.20. The van der Waals surface area contributed by atoms with E-state index < -0.39 is 4.92 Å². The van der Waals surface area contributed by atoms with E-state index in [9.17, 15) is 10.1 Å². The monoisotopic (exact) mass is 169 g/mol. The molecule has 0 unspecified atom stereocenters. The van der Waals surface area contributed by atoms with Gasteiger partial charge in [0, 0.05) is 0 Å². The Morgan fingerprint density at radius 2 is 2.42 bits per heavy atom. The Morgan fingerprint density at radius 3 is 2.83 bits per heavy atom. The van der Waals surface area contributed by atoms with Gasteiger partial charge in [0.05, 0.1) is 18.3 Å². The van der Waals surface area contributed by atoms with Crippen LogP contribution < -0.4 is 5.73 Å². The summed E-state index contributed by atoms with van der Waals surface area (Å²) in [6, 6.07) is 2.66. The predicted octanol–water partition coefficient (Wildman–Crippen LogP) is 0.666. The lowest BCUT2D eigenvalue weighted by Crippen LogP contribution is -2.11. The fourth-order valence-corrected chi connectivity index (χ4v) is 0.747. The van der Waals surface area contributed by atoms with Gasteiger partial charge < -0.3 is 10.2 Å². The maximum absolute atomic E-state index is 10.1. The van der Waals surface area contributed by atoms with Crippen LogP contribution in [0.5, 0.6) is 0 Å². The Bertz CT molecular complexity index is 318. The minimum absolute atomic E-state index is 0.0840. The Morgan fingerprint density at radius 1 is 1.75 bits per heavy atom. The smallest absolute Gasteiger partial charge is 0.405 e. The summed E-state index contributed by atoms with van der Waals surface area (Å²) in [7, 11) is 0. The molecule has 0 aliphatic rings. The van der Waals surface area contributed by atoms with Crippen LogP contribution in [0.1, 0.15) is 5.76 Å². The minimum atomic E-state index is -0.635. The molecule has 0 aromatic carbocycles. The molecule has 6 heteroatoms. The molecule has 1 heterocycles. The van der Waals surface area contributed by atoms with Crippen molar-refractivity contribution in [1.29, 1.82) is 5.41 Å². The van der Waals surface area contributed by atoms with Gasteiger partial charge in [0.15, 0.2) is 0 Å². The van der Waals surface area contributed by atoms with Crippen LogP contribution in [0.2, 0.25) is 0 Å². The van der Waals surface area contributed by atoms with E-state index in [1.807, 2.05) is 0 Å². The number of nitrogens with one attached hydrogen (secondary N) is 1. The van der Waals surface area contributed by atoms with E-state index >= 15 is 0 Å². The van der Waals surface area contributed by atoms with Crippen molar-refractivity contribution in [1.82, 2.24) is 0 Å². The zero-order valence-electron chi connectivity index (χ0n) is 6.11. The molecule has 1 aromatic heterocycles. The third kappa shape index (κ3) is 1.82. The first-order valence-corrected chi connectivity index (χ1v) is 3.15. The highest BCUT2D eigenvalue weighted by Gasteiger charge is 2.11. The zero-order valence-corrected chi connectivity index (χ0v) is 6.11. The second-order valence-corrected chi connectivity index (χ2v) is 2.20. The highest BCUT2D eigenvalue weighted by atomic mass is 16.6. The summed E-state index contributed by atoms with van der Waals surface area (Å²) in [5.74, 6) is -0.0836. The largest absolute Gasteiger partial charge is 0.433 e. The molecule has 0 aliphatic carbocycles. The van der Waals surface area contributed by atoms with E-state index in [1.165, 1.54) is 12.1 Å². The van der Waals surface area contributed by atoms with Crippen LogP contribution >= 0.6 is 0 Å². The van der Waals surface area contributed by atoms with Crippen LogP contribution in [-0.4, -0.2) is 10.8 Å². The van der Waals surface area contributed by atoms with Crippen molar-refractivity contribution in [2.45, 2.75) is 6.42 Å². The van der Waals surface area contributed by atoms with Crippen LogP contribution in [0.15, 0.2) is 16.5 Å². The van der Waals surface area contributed by atoms with Gasteiger partial charge >= 0.3 is 5.88 Å². The first-order valence-electron chi connectivity index (χ1n) is 3.15. The van der Waals surface area contributed by atoms with E-state index in [0.717, 1.165) is 0 Å². The van der Waals surface area contributed by atoms with Gasteiger partial charge in [-0.3, -0.25) is 15.5 Å². The lowest BCUT2D eigenvalue weighted by molar-refractivity contribution is -0.402. The molecule has 0 spiro atoms. The van der Waals surface area contributed by atoms with Gasteiger partial charge in [-0.05, 0) is 6.07 Å². The van der Waals surface area contributed by atoms with Gasteiger partial charge in [-0.2, -0.15) is 0 Å². The molecule has 0 saturated carbocycles. The Balaban J connectivity index is 2.77. The average Bonchev–Trinajstić information content (AvgIpc) is 2.34. The molecular formula is C6H7N3O3. The van der Waals surface area contributed by atoms with Crippen LogP contribution in [0.3, 0.4) is 0 Å². The van der Waals surface area contributed by atoms with Crippen molar-refractivity contribution >= 4 is 11.7 Å². The number of furan rings is 1. The van der Waals surface area contributed by atoms with E-state index in [2.05, 4.69) is 0 Å². The minimum Gasteiger partial charge on any atom is -0.405 e. The first kappa shape index (κ1) is 8.25. The Kier molecular flexibility index (Phi) is 2.09. The molecule has 1 rings (SSSR count). The number of hydrogen-bond donors (Lipinski definition) is 2. The lowest BCUT2D eigenvalue weighted by Gasteiger charge is -1.90. The van der Waals surface area contributed by atoms with Crippen molar-refractivity contribution in [2.75, 3.05) is 0 Å².